The third-order valence-corrected chi connectivity index (χ3v) is 6.87. The predicted molar refractivity (Wildman–Crippen MR) is 106 cm³/mol. The minimum atomic E-state index is -3.63. The van der Waals surface area contributed by atoms with Crippen LogP contribution < -0.4 is 0 Å². The quantitative estimate of drug-likeness (QED) is 0.651. The molecule has 0 bridgehead atoms. The highest BCUT2D eigenvalue weighted by molar-refractivity contribution is 7.89. The van der Waals surface area contributed by atoms with Crippen molar-refractivity contribution in [1.82, 2.24) is 23.8 Å². The molecule has 0 saturated carbocycles. The molecule has 0 N–H and O–H groups in total. The third-order valence-electron chi connectivity index (χ3n) is 4.88. The van der Waals surface area contributed by atoms with Gasteiger partial charge in [-0.1, -0.05) is 23.7 Å². The van der Waals surface area contributed by atoms with Crippen molar-refractivity contribution < 1.29 is 8.42 Å². The van der Waals surface area contributed by atoms with Gasteiger partial charge in [-0.15, -0.1) is 0 Å². The van der Waals surface area contributed by atoms with Crippen LogP contribution in [0.1, 0.15) is 24.5 Å². The van der Waals surface area contributed by atoms with Gasteiger partial charge in [0.15, 0.2) is 5.03 Å². The van der Waals surface area contributed by atoms with E-state index in [1.54, 1.807) is 24.0 Å². The summed E-state index contributed by atoms with van der Waals surface area (Å²) in [5, 5.41) is 0.696. The molecular weight excluding hydrogens is 398 g/mol. The fourth-order valence-corrected chi connectivity index (χ4v) is 5.22. The summed E-state index contributed by atoms with van der Waals surface area (Å²) in [5.74, 6) is -0.0464. The van der Waals surface area contributed by atoms with Gasteiger partial charge in [0.1, 0.15) is 0 Å². The fourth-order valence-electron chi connectivity index (χ4n) is 3.54. The van der Waals surface area contributed by atoms with Gasteiger partial charge in [-0.2, -0.15) is 4.31 Å². The SMILES string of the molecule is Cn1cnc(S(=O)(=O)N2CCC[C@@H](c3nccnc3-c3cccc(Cl)c3)C2)c1. The van der Waals surface area contributed by atoms with Gasteiger partial charge in [-0.25, -0.2) is 13.4 Å². The van der Waals surface area contributed by atoms with E-state index in [1.165, 1.54) is 16.8 Å². The number of imidazole rings is 1. The van der Waals surface area contributed by atoms with Crippen LogP contribution in [-0.4, -0.2) is 45.3 Å². The van der Waals surface area contributed by atoms with Crippen LogP contribution in [0.2, 0.25) is 5.02 Å². The monoisotopic (exact) mass is 417 g/mol. The van der Waals surface area contributed by atoms with E-state index in [-0.39, 0.29) is 10.9 Å². The van der Waals surface area contributed by atoms with E-state index in [0.29, 0.717) is 18.1 Å². The zero-order valence-corrected chi connectivity index (χ0v) is 16.9. The molecule has 0 radical (unpaired) electrons. The molecule has 1 aromatic carbocycles. The Morgan fingerprint density at radius 2 is 2.00 bits per heavy atom. The largest absolute Gasteiger partial charge is 0.339 e. The number of hydrogen-bond acceptors (Lipinski definition) is 5. The molecule has 1 saturated heterocycles. The first-order valence-electron chi connectivity index (χ1n) is 9.00. The lowest BCUT2D eigenvalue weighted by molar-refractivity contribution is 0.312. The number of sulfonamides is 1. The van der Waals surface area contributed by atoms with Crippen molar-refractivity contribution in [1.29, 1.82) is 0 Å². The third kappa shape index (κ3) is 3.67. The van der Waals surface area contributed by atoms with Crippen molar-refractivity contribution in [2.45, 2.75) is 23.8 Å². The molecule has 1 aliphatic rings. The summed E-state index contributed by atoms with van der Waals surface area (Å²) >= 11 is 6.14. The molecule has 0 unspecified atom stereocenters. The molecule has 1 aliphatic heterocycles. The molecule has 1 fully saturated rings. The molecule has 3 aromatic rings. The molecule has 4 rings (SSSR count). The van der Waals surface area contributed by atoms with Crippen LogP contribution in [0.3, 0.4) is 0 Å². The van der Waals surface area contributed by atoms with Gasteiger partial charge in [-0.05, 0) is 25.0 Å². The van der Waals surface area contributed by atoms with Gasteiger partial charge < -0.3 is 4.57 Å². The minimum absolute atomic E-state index is 0.0464. The van der Waals surface area contributed by atoms with Crippen molar-refractivity contribution >= 4 is 21.6 Å². The summed E-state index contributed by atoms with van der Waals surface area (Å²) in [5.41, 5.74) is 2.41. The Balaban J connectivity index is 1.66. The maximum Gasteiger partial charge on any atom is 0.262 e. The van der Waals surface area contributed by atoms with Gasteiger partial charge in [0, 0.05) is 55.2 Å². The van der Waals surface area contributed by atoms with Crippen LogP contribution in [0, 0.1) is 0 Å². The van der Waals surface area contributed by atoms with Crippen LogP contribution >= 0.6 is 11.6 Å². The first-order valence-corrected chi connectivity index (χ1v) is 10.8. The van der Waals surface area contributed by atoms with Crippen LogP contribution in [-0.2, 0) is 17.1 Å². The second-order valence-electron chi connectivity index (χ2n) is 6.88. The van der Waals surface area contributed by atoms with E-state index in [2.05, 4.69) is 15.0 Å². The number of rotatable bonds is 4. The molecule has 146 valence electrons. The molecule has 0 spiro atoms. The number of halogens is 1. The maximum absolute atomic E-state index is 13.0. The molecule has 3 heterocycles. The number of piperidine rings is 1. The standard InChI is InChI=1S/C19H20ClN5O2S/c1-24-12-17(23-13-24)28(26,27)25-9-3-5-15(11-25)19-18(21-7-8-22-19)14-4-2-6-16(20)10-14/h2,4,6-8,10,12-13,15H,3,5,9,11H2,1H3/t15-/m1/s1. The Bertz CT molecular complexity index is 1100. The van der Waals surface area contributed by atoms with Crippen LogP contribution in [0.4, 0.5) is 0 Å². The number of nitrogens with zero attached hydrogens (tertiary/aromatic N) is 5. The smallest absolute Gasteiger partial charge is 0.262 e. The van der Waals surface area contributed by atoms with Crippen LogP contribution in [0.15, 0.2) is 54.2 Å². The van der Waals surface area contributed by atoms with Crippen molar-refractivity contribution in [2.75, 3.05) is 13.1 Å². The van der Waals surface area contributed by atoms with E-state index in [9.17, 15) is 8.42 Å². The second kappa shape index (κ2) is 7.62. The molecule has 28 heavy (non-hydrogen) atoms. The normalized spacial score (nSPS) is 18.3. The highest BCUT2D eigenvalue weighted by Crippen LogP contribution is 2.34. The van der Waals surface area contributed by atoms with Crippen molar-refractivity contribution in [3.8, 4) is 11.3 Å². The van der Waals surface area contributed by atoms with Gasteiger partial charge >= 0.3 is 0 Å². The summed E-state index contributed by atoms with van der Waals surface area (Å²) in [6.45, 7) is 0.827. The lowest BCUT2D eigenvalue weighted by Crippen LogP contribution is -2.39. The minimum Gasteiger partial charge on any atom is -0.339 e. The molecule has 7 nitrogen and oxygen atoms in total. The van der Waals surface area contributed by atoms with E-state index in [0.717, 1.165) is 29.8 Å². The Labute approximate surface area is 169 Å². The number of aromatic nitrogens is 4. The van der Waals surface area contributed by atoms with E-state index >= 15 is 0 Å². The van der Waals surface area contributed by atoms with Gasteiger partial charge in [-0.3, -0.25) is 9.97 Å². The molecule has 0 amide bonds. The van der Waals surface area contributed by atoms with Crippen LogP contribution in [0.5, 0.6) is 0 Å². The summed E-state index contributed by atoms with van der Waals surface area (Å²) in [6, 6.07) is 7.46. The zero-order valence-electron chi connectivity index (χ0n) is 15.4. The molecular formula is C19H20ClN5O2S. The summed E-state index contributed by atoms with van der Waals surface area (Å²) in [6.07, 6.45) is 7.91. The van der Waals surface area contributed by atoms with E-state index in [4.69, 9.17) is 11.6 Å². The van der Waals surface area contributed by atoms with Crippen molar-refractivity contribution in [3.63, 3.8) is 0 Å². The van der Waals surface area contributed by atoms with Crippen LogP contribution in [0.25, 0.3) is 11.3 Å². The lowest BCUT2D eigenvalue weighted by Gasteiger charge is -2.31. The summed E-state index contributed by atoms with van der Waals surface area (Å²) < 4.78 is 29.1. The summed E-state index contributed by atoms with van der Waals surface area (Å²) in [4.78, 5) is 13.1. The topological polar surface area (TPSA) is 81.0 Å². The number of benzene rings is 1. The Kier molecular flexibility index (Phi) is 5.18. The molecule has 9 heteroatoms. The van der Waals surface area contributed by atoms with Crippen molar-refractivity contribution in [2.24, 2.45) is 7.05 Å². The first-order chi connectivity index (χ1) is 13.4. The van der Waals surface area contributed by atoms with E-state index in [1.807, 2.05) is 24.3 Å². The Hall–Kier alpha value is -2.29. The number of aryl methyl sites for hydroxylation is 1. The Morgan fingerprint density at radius 3 is 2.75 bits per heavy atom. The average Bonchev–Trinajstić information content (AvgIpc) is 3.15. The first kappa shape index (κ1) is 19.0. The maximum atomic E-state index is 13.0. The summed E-state index contributed by atoms with van der Waals surface area (Å²) in [7, 11) is -1.88. The molecule has 2 aromatic heterocycles. The van der Waals surface area contributed by atoms with E-state index < -0.39 is 10.0 Å². The lowest BCUT2D eigenvalue weighted by atomic mass is 9.92. The highest BCUT2D eigenvalue weighted by Gasteiger charge is 2.33. The predicted octanol–water partition coefficient (Wildman–Crippen LogP) is 3.10. The Morgan fingerprint density at radius 1 is 1.18 bits per heavy atom. The molecule has 1 atom stereocenters. The number of hydrogen-bond donors (Lipinski definition) is 0. The molecule has 0 aliphatic carbocycles. The highest BCUT2D eigenvalue weighted by atomic mass is 35.5. The second-order valence-corrected chi connectivity index (χ2v) is 9.20. The van der Waals surface area contributed by atoms with Crippen molar-refractivity contribution in [3.05, 3.63) is 59.9 Å². The van der Waals surface area contributed by atoms with Gasteiger partial charge in [0.05, 0.1) is 17.7 Å². The average molecular weight is 418 g/mol. The fraction of sp³-hybridized carbons (Fsp3) is 0.316. The van der Waals surface area contributed by atoms with Gasteiger partial charge in [0.25, 0.3) is 10.0 Å². The zero-order chi connectivity index (χ0) is 19.7. The van der Waals surface area contributed by atoms with Gasteiger partial charge in [0.2, 0.25) is 0 Å².